The number of rotatable bonds is 3. The van der Waals surface area contributed by atoms with Crippen LogP contribution >= 0.6 is 7.82 Å². The number of hydrogen-bond donors (Lipinski definition) is 3. The van der Waals surface area contributed by atoms with Gasteiger partial charge in [-0.2, -0.15) is 0 Å². The fourth-order valence-electron chi connectivity index (χ4n) is 1.69. The summed E-state index contributed by atoms with van der Waals surface area (Å²) in [5.41, 5.74) is 0.679. The molecule has 0 radical (unpaired) electrons. The van der Waals surface area contributed by atoms with E-state index in [0.717, 1.165) is 0 Å². The summed E-state index contributed by atoms with van der Waals surface area (Å²) in [5.74, 6) is 0.103. The first kappa shape index (κ1) is 12.1. The van der Waals surface area contributed by atoms with Gasteiger partial charge in [0.25, 0.3) is 0 Å². The monoisotopic (exact) mass is 254 g/mol. The second kappa shape index (κ2) is 4.47. The molecular weight excluding hydrogens is 243 g/mol. The van der Waals surface area contributed by atoms with Gasteiger partial charge in [-0.1, -0.05) is 30.3 Å². The van der Waals surface area contributed by atoms with E-state index in [0.29, 0.717) is 16.3 Å². The second-order valence-electron chi connectivity index (χ2n) is 3.51. The molecular formula is C11H11O5P. The molecule has 0 saturated heterocycles. The van der Waals surface area contributed by atoms with Gasteiger partial charge in [-0.15, -0.1) is 0 Å². The maximum absolute atomic E-state index is 10.8. The molecule has 0 heterocycles. The molecule has 2 rings (SSSR count). The number of aliphatic hydroxyl groups is 1. The highest BCUT2D eigenvalue weighted by atomic mass is 31.2. The average molecular weight is 254 g/mol. The summed E-state index contributed by atoms with van der Waals surface area (Å²) < 4.78 is 15.4. The van der Waals surface area contributed by atoms with Gasteiger partial charge in [-0.25, -0.2) is 4.57 Å². The molecule has 2 aromatic carbocycles. The van der Waals surface area contributed by atoms with Crippen LogP contribution in [0.15, 0.2) is 36.4 Å². The van der Waals surface area contributed by atoms with Crippen molar-refractivity contribution in [3.8, 4) is 5.75 Å². The van der Waals surface area contributed by atoms with Crippen molar-refractivity contribution in [2.24, 2.45) is 0 Å². The number of phosphoric acid groups is 1. The van der Waals surface area contributed by atoms with Gasteiger partial charge >= 0.3 is 7.82 Å². The highest BCUT2D eigenvalue weighted by Gasteiger charge is 2.17. The molecule has 2 aromatic rings. The zero-order valence-corrected chi connectivity index (χ0v) is 9.67. The van der Waals surface area contributed by atoms with E-state index in [1.54, 1.807) is 30.3 Å². The molecule has 0 atom stereocenters. The van der Waals surface area contributed by atoms with Gasteiger partial charge < -0.3 is 9.63 Å². The summed E-state index contributed by atoms with van der Waals surface area (Å²) in [6.07, 6.45) is 0. The summed E-state index contributed by atoms with van der Waals surface area (Å²) in [4.78, 5) is 17.6. The van der Waals surface area contributed by atoms with E-state index >= 15 is 0 Å². The Balaban J connectivity index is 2.62. The van der Waals surface area contributed by atoms with Crippen LogP contribution < -0.4 is 4.52 Å². The van der Waals surface area contributed by atoms with E-state index in [1.165, 1.54) is 6.07 Å². The fourth-order valence-corrected chi connectivity index (χ4v) is 2.11. The molecule has 0 aliphatic rings. The van der Waals surface area contributed by atoms with Crippen LogP contribution in [0, 0.1) is 0 Å². The molecule has 5 nitrogen and oxygen atoms in total. The lowest BCUT2D eigenvalue weighted by Crippen LogP contribution is -1.92. The number of aliphatic hydroxyl groups excluding tert-OH is 1. The summed E-state index contributed by atoms with van der Waals surface area (Å²) in [7, 11) is -4.58. The third-order valence-corrected chi connectivity index (χ3v) is 2.79. The minimum absolute atomic E-state index is 0.103. The Labute approximate surface area is 97.5 Å². The highest BCUT2D eigenvalue weighted by molar-refractivity contribution is 7.46. The maximum atomic E-state index is 10.8. The van der Waals surface area contributed by atoms with E-state index in [9.17, 15) is 4.57 Å². The van der Waals surface area contributed by atoms with Crippen LogP contribution in [0.25, 0.3) is 10.8 Å². The predicted octanol–water partition coefficient (Wildman–Crippen LogP) is 1.80. The van der Waals surface area contributed by atoms with Crippen molar-refractivity contribution in [2.45, 2.75) is 6.61 Å². The van der Waals surface area contributed by atoms with Crippen molar-refractivity contribution in [1.29, 1.82) is 0 Å². The quantitative estimate of drug-likeness (QED) is 0.727. The first-order valence-corrected chi connectivity index (χ1v) is 6.41. The summed E-state index contributed by atoms with van der Waals surface area (Å²) in [6.45, 7) is -0.142. The Kier molecular flexibility index (Phi) is 3.17. The van der Waals surface area contributed by atoms with Gasteiger partial charge in [0.2, 0.25) is 0 Å². The Morgan fingerprint density at radius 2 is 1.71 bits per heavy atom. The van der Waals surface area contributed by atoms with Gasteiger partial charge in [0.15, 0.2) is 0 Å². The number of fused-ring (bicyclic) bond motifs is 1. The van der Waals surface area contributed by atoms with E-state index in [-0.39, 0.29) is 12.4 Å². The highest BCUT2D eigenvalue weighted by Crippen LogP contribution is 2.40. The minimum Gasteiger partial charge on any atom is -0.404 e. The lowest BCUT2D eigenvalue weighted by Gasteiger charge is -2.11. The molecule has 0 saturated carbocycles. The van der Waals surface area contributed by atoms with Gasteiger partial charge in [-0.05, 0) is 17.0 Å². The van der Waals surface area contributed by atoms with Crippen LogP contribution in [-0.4, -0.2) is 14.9 Å². The summed E-state index contributed by atoms with van der Waals surface area (Å²) >= 11 is 0. The van der Waals surface area contributed by atoms with E-state index in [2.05, 4.69) is 4.52 Å². The van der Waals surface area contributed by atoms with Gasteiger partial charge in [0, 0.05) is 5.39 Å². The van der Waals surface area contributed by atoms with Crippen LogP contribution in [0.3, 0.4) is 0 Å². The molecule has 6 heteroatoms. The molecule has 0 amide bonds. The zero-order chi connectivity index (χ0) is 12.5. The Morgan fingerprint density at radius 1 is 1.06 bits per heavy atom. The van der Waals surface area contributed by atoms with Crippen molar-refractivity contribution in [3.05, 3.63) is 42.0 Å². The maximum Gasteiger partial charge on any atom is 0.524 e. The number of benzene rings is 2. The average Bonchev–Trinajstić information content (AvgIpc) is 2.27. The molecule has 0 bridgehead atoms. The lowest BCUT2D eigenvalue weighted by atomic mass is 10.0. The molecule has 90 valence electrons. The first-order valence-electron chi connectivity index (χ1n) is 4.88. The van der Waals surface area contributed by atoms with E-state index in [4.69, 9.17) is 14.9 Å². The van der Waals surface area contributed by atoms with Crippen LogP contribution in [-0.2, 0) is 11.2 Å². The SMILES string of the molecule is O=P(O)(O)Oc1cccc2c(CO)cccc12. The Hall–Kier alpha value is -1.39. The summed E-state index contributed by atoms with van der Waals surface area (Å²) in [5, 5.41) is 10.4. The van der Waals surface area contributed by atoms with Crippen LogP contribution in [0.1, 0.15) is 5.56 Å². The predicted molar refractivity (Wildman–Crippen MR) is 62.5 cm³/mol. The van der Waals surface area contributed by atoms with Crippen molar-refractivity contribution in [2.75, 3.05) is 0 Å². The van der Waals surface area contributed by atoms with Crippen molar-refractivity contribution in [1.82, 2.24) is 0 Å². The molecule has 0 spiro atoms. The number of hydrogen-bond acceptors (Lipinski definition) is 3. The second-order valence-corrected chi connectivity index (χ2v) is 4.67. The lowest BCUT2D eigenvalue weighted by molar-refractivity contribution is 0.283. The first-order chi connectivity index (χ1) is 8.01. The Bertz CT molecular complexity index is 589. The summed E-state index contributed by atoms with van der Waals surface area (Å²) in [6, 6.07) is 9.96. The number of phosphoric ester groups is 1. The third kappa shape index (κ3) is 2.65. The van der Waals surface area contributed by atoms with Gasteiger partial charge in [0.05, 0.1) is 6.61 Å². The van der Waals surface area contributed by atoms with E-state index in [1.807, 2.05) is 0 Å². The van der Waals surface area contributed by atoms with Gasteiger partial charge in [-0.3, -0.25) is 9.79 Å². The van der Waals surface area contributed by atoms with Crippen molar-refractivity contribution < 1.29 is 24.0 Å². The molecule has 0 aliphatic carbocycles. The molecule has 0 aromatic heterocycles. The Morgan fingerprint density at radius 3 is 2.35 bits per heavy atom. The van der Waals surface area contributed by atoms with Crippen LogP contribution in [0.5, 0.6) is 5.75 Å². The smallest absolute Gasteiger partial charge is 0.404 e. The van der Waals surface area contributed by atoms with Crippen molar-refractivity contribution >= 4 is 18.6 Å². The largest absolute Gasteiger partial charge is 0.524 e. The molecule has 3 N–H and O–H groups in total. The molecule has 0 unspecified atom stereocenters. The molecule has 17 heavy (non-hydrogen) atoms. The zero-order valence-electron chi connectivity index (χ0n) is 8.78. The fraction of sp³-hybridized carbons (Fsp3) is 0.0909. The van der Waals surface area contributed by atoms with Crippen LogP contribution in [0.2, 0.25) is 0 Å². The third-order valence-electron chi connectivity index (χ3n) is 2.36. The van der Waals surface area contributed by atoms with E-state index < -0.39 is 7.82 Å². The van der Waals surface area contributed by atoms with Crippen LogP contribution in [0.4, 0.5) is 0 Å². The van der Waals surface area contributed by atoms with Gasteiger partial charge in [0.1, 0.15) is 5.75 Å². The minimum atomic E-state index is -4.58. The van der Waals surface area contributed by atoms with Crippen molar-refractivity contribution in [3.63, 3.8) is 0 Å². The topological polar surface area (TPSA) is 87.0 Å². The normalized spacial score (nSPS) is 11.7. The standard InChI is InChI=1S/C11H11O5P/c12-7-8-3-1-5-10-9(8)4-2-6-11(10)16-17(13,14)15/h1-6,12H,7H2,(H2,13,14,15). The molecule has 0 aliphatic heterocycles. The molecule has 0 fully saturated rings.